The number of benzene rings is 1. The standard InChI is InChI=1S/C16H36N.C12H11N5O/c1-5-9-13-17(14-10-6-2,15-11-7-3)16-12-8-4;13-12-16-10-9(14-7-15-10)11(17-12)18-6-8-4-2-1-3-5-8/h5-16H2,1-4H3;1-5,7H,6H2,(H3,13,14,15,16,17)/q+1;. The monoisotopic (exact) mass is 483 g/mol. The third kappa shape index (κ3) is 9.84. The molecule has 3 aromatic rings. The quantitative estimate of drug-likeness (QED) is 0.240. The number of nitrogens with one attached hydrogen (secondary N) is 1. The molecule has 0 aliphatic carbocycles. The fourth-order valence-corrected chi connectivity index (χ4v) is 4.30. The number of imidazole rings is 1. The Balaban J connectivity index is 0.000000248. The van der Waals surface area contributed by atoms with Gasteiger partial charge in [-0.1, -0.05) is 83.7 Å². The van der Waals surface area contributed by atoms with E-state index in [2.05, 4.69) is 47.6 Å². The molecule has 35 heavy (non-hydrogen) atoms. The van der Waals surface area contributed by atoms with Crippen molar-refractivity contribution in [3.63, 3.8) is 0 Å². The van der Waals surface area contributed by atoms with E-state index in [0.29, 0.717) is 23.7 Å². The predicted molar refractivity (Wildman–Crippen MR) is 146 cm³/mol. The van der Waals surface area contributed by atoms with Crippen LogP contribution in [0.1, 0.15) is 84.6 Å². The molecule has 3 rings (SSSR count). The van der Waals surface area contributed by atoms with E-state index in [1.165, 1.54) is 88.4 Å². The number of fused-ring (bicyclic) bond motifs is 1. The van der Waals surface area contributed by atoms with Crippen LogP contribution in [0.5, 0.6) is 5.88 Å². The third-order valence-corrected chi connectivity index (χ3v) is 6.43. The first-order valence-corrected chi connectivity index (χ1v) is 13.6. The van der Waals surface area contributed by atoms with Crippen LogP contribution in [-0.2, 0) is 6.61 Å². The average Bonchev–Trinajstić information content (AvgIpc) is 3.36. The topological polar surface area (TPSA) is 89.7 Å². The van der Waals surface area contributed by atoms with Crippen LogP contribution < -0.4 is 10.5 Å². The maximum absolute atomic E-state index is 5.64. The Morgan fingerprint density at radius 2 is 1.34 bits per heavy atom. The van der Waals surface area contributed by atoms with Gasteiger partial charge in [0.15, 0.2) is 5.65 Å². The number of anilines is 1. The zero-order valence-corrected chi connectivity index (χ0v) is 22.4. The lowest BCUT2D eigenvalue weighted by molar-refractivity contribution is -0.929. The van der Waals surface area contributed by atoms with Crippen molar-refractivity contribution < 1.29 is 9.22 Å². The third-order valence-electron chi connectivity index (χ3n) is 6.43. The van der Waals surface area contributed by atoms with Gasteiger partial charge in [-0.2, -0.15) is 9.97 Å². The molecular weight excluding hydrogens is 436 g/mol. The van der Waals surface area contributed by atoms with E-state index in [0.717, 1.165) is 5.56 Å². The van der Waals surface area contributed by atoms with Crippen molar-refractivity contribution in [1.82, 2.24) is 19.9 Å². The minimum absolute atomic E-state index is 0.151. The number of rotatable bonds is 15. The summed E-state index contributed by atoms with van der Waals surface area (Å²) < 4.78 is 7.06. The average molecular weight is 484 g/mol. The first-order chi connectivity index (χ1) is 17.1. The predicted octanol–water partition coefficient (Wildman–Crippen LogP) is 6.52. The van der Waals surface area contributed by atoms with Crippen molar-refractivity contribution >= 4 is 17.1 Å². The molecule has 3 N–H and O–H groups in total. The number of ether oxygens (including phenoxy) is 1. The van der Waals surface area contributed by atoms with E-state index in [9.17, 15) is 0 Å². The molecule has 7 heteroatoms. The van der Waals surface area contributed by atoms with E-state index >= 15 is 0 Å². The summed E-state index contributed by atoms with van der Waals surface area (Å²) in [6, 6.07) is 9.83. The molecule has 2 aromatic heterocycles. The Hall–Kier alpha value is -2.67. The number of hydrogen-bond donors (Lipinski definition) is 2. The number of unbranched alkanes of at least 4 members (excludes halogenated alkanes) is 4. The van der Waals surface area contributed by atoms with E-state index in [1.807, 2.05) is 30.3 Å². The lowest BCUT2D eigenvalue weighted by atomic mass is 10.1. The van der Waals surface area contributed by atoms with Gasteiger partial charge in [0.1, 0.15) is 12.1 Å². The summed E-state index contributed by atoms with van der Waals surface area (Å²) in [5.41, 5.74) is 7.81. The minimum atomic E-state index is 0.151. The van der Waals surface area contributed by atoms with Crippen LogP contribution in [0.3, 0.4) is 0 Å². The van der Waals surface area contributed by atoms with E-state index in [1.54, 1.807) is 0 Å². The fourth-order valence-electron chi connectivity index (χ4n) is 4.30. The van der Waals surface area contributed by atoms with Gasteiger partial charge in [0, 0.05) is 0 Å². The Bertz CT molecular complexity index is 906. The smallest absolute Gasteiger partial charge is 0.245 e. The highest BCUT2D eigenvalue weighted by atomic mass is 16.5. The molecule has 0 atom stereocenters. The molecule has 0 aliphatic rings. The van der Waals surface area contributed by atoms with Gasteiger partial charge in [-0.3, -0.25) is 0 Å². The Morgan fingerprint density at radius 3 is 1.86 bits per heavy atom. The summed E-state index contributed by atoms with van der Waals surface area (Å²) >= 11 is 0. The molecule has 0 aliphatic heterocycles. The highest BCUT2D eigenvalue weighted by Crippen LogP contribution is 2.20. The molecule has 194 valence electrons. The van der Waals surface area contributed by atoms with Crippen molar-refractivity contribution in [2.75, 3.05) is 31.9 Å². The van der Waals surface area contributed by atoms with Crippen LogP contribution in [0.15, 0.2) is 36.7 Å². The second kappa shape index (κ2) is 16.1. The highest BCUT2D eigenvalue weighted by Gasteiger charge is 2.24. The van der Waals surface area contributed by atoms with Crippen LogP contribution in [0.2, 0.25) is 0 Å². The van der Waals surface area contributed by atoms with Gasteiger partial charge in [0.25, 0.3) is 0 Å². The van der Waals surface area contributed by atoms with Crippen molar-refractivity contribution in [1.29, 1.82) is 0 Å². The Labute approximate surface area is 212 Å². The van der Waals surface area contributed by atoms with E-state index in [-0.39, 0.29) is 5.95 Å². The van der Waals surface area contributed by atoms with Crippen molar-refractivity contribution in [3.8, 4) is 5.88 Å². The SMILES string of the molecule is CCCC[N+](CCCC)(CCCC)CCCC.Nc1nc(OCc2ccccc2)c2[nH]cnc2n1. The number of H-pyrrole nitrogens is 1. The Kier molecular flexibility index (Phi) is 13.1. The van der Waals surface area contributed by atoms with Gasteiger partial charge in [-0.15, -0.1) is 0 Å². The molecular formula is C28H47N6O+. The first-order valence-electron chi connectivity index (χ1n) is 13.6. The molecule has 7 nitrogen and oxygen atoms in total. The van der Waals surface area contributed by atoms with Gasteiger partial charge >= 0.3 is 0 Å². The number of nitrogen functional groups attached to an aromatic ring is 1. The molecule has 2 heterocycles. The second-order valence-electron chi connectivity index (χ2n) is 9.41. The van der Waals surface area contributed by atoms with E-state index < -0.39 is 0 Å². The molecule has 0 bridgehead atoms. The molecule has 0 radical (unpaired) electrons. The summed E-state index contributed by atoms with van der Waals surface area (Å²) in [7, 11) is 0. The molecule has 0 amide bonds. The number of nitrogens with two attached hydrogens (primary N) is 1. The van der Waals surface area contributed by atoms with Gasteiger partial charge < -0.3 is 19.9 Å². The maximum atomic E-state index is 5.64. The van der Waals surface area contributed by atoms with Crippen molar-refractivity contribution in [2.24, 2.45) is 0 Å². The van der Waals surface area contributed by atoms with Gasteiger partial charge in [-0.25, -0.2) is 4.98 Å². The molecule has 1 aromatic carbocycles. The fraction of sp³-hybridized carbons (Fsp3) is 0.607. The van der Waals surface area contributed by atoms with Crippen molar-refractivity contribution in [2.45, 2.75) is 85.7 Å². The van der Waals surface area contributed by atoms with Crippen LogP contribution in [0.4, 0.5) is 5.95 Å². The number of quaternary nitrogens is 1. The van der Waals surface area contributed by atoms with Crippen LogP contribution in [-0.4, -0.2) is 50.6 Å². The highest BCUT2D eigenvalue weighted by molar-refractivity contribution is 5.76. The zero-order valence-electron chi connectivity index (χ0n) is 22.4. The second-order valence-corrected chi connectivity index (χ2v) is 9.41. The lowest BCUT2D eigenvalue weighted by Crippen LogP contribution is -2.50. The molecule has 0 saturated heterocycles. The minimum Gasteiger partial charge on any atom is -0.471 e. The molecule has 0 unspecified atom stereocenters. The zero-order chi connectivity index (χ0) is 25.4. The van der Waals surface area contributed by atoms with Gasteiger partial charge in [0.2, 0.25) is 11.8 Å². The van der Waals surface area contributed by atoms with Gasteiger partial charge in [0.05, 0.1) is 32.5 Å². The van der Waals surface area contributed by atoms with Crippen LogP contribution in [0.25, 0.3) is 11.2 Å². The number of aromatic nitrogens is 4. The summed E-state index contributed by atoms with van der Waals surface area (Å²) in [6.07, 6.45) is 12.6. The molecule has 0 saturated carbocycles. The van der Waals surface area contributed by atoms with Crippen LogP contribution >= 0.6 is 0 Å². The van der Waals surface area contributed by atoms with Crippen molar-refractivity contribution in [3.05, 3.63) is 42.2 Å². The number of nitrogens with zero attached hydrogens (tertiary/aromatic N) is 4. The number of hydrogen-bond acceptors (Lipinski definition) is 5. The largest absolute Gasteiger partial charge is 0.471 e. The summed E-state index contributed by atoms with van der Waals surface area (Å²) in [6.45, 7) is 15.4. The Morgan fingerprint density at radius 1 is 0.800 bits per heavy atom. The van der Waals surface area contributed by atoms with Crippen LogP contribution in [0, 0.1) is 0 Å². The summed E-state index contributed by atoms with van der Waals surface area (Å²) in [5.74, 6) is 0.566. The molecule has 0 fully saturated rings. The first kappa shape index (κ1) is 28.6. The van der Waals surface area contributed by atoms with E-state index in [4.69, 9.17) is 10.5 Å². The lowest BCUT2D eigenvalue weighted by Gasteiger charge is -2.39. The normalized spacial score (nSPS) is 11.3. The molecule has 0 spiro atoms. The summed E-state index contributed by atoms with van der Waals surface area (Å²) in [4.78, 5) is 15.0. The maximum Gasteiger partial charge on any atom is 0.245 e. The van der Waals surface area contributed by atoms with Gasteiger partial charge in [-0.05, 0) is 31.2 Å². The number of aromatic amines is 1. The summed E-state index contributed by atoms with van der Waals surface area (Å²) in [5, 5.41) is 0.